The molecule has 1 N–H and O–H groups in total. The molecule has 0 saturated heterocycles. The second-order valence-electron chi connectivity index (χ2n) is 8.29. The van der Waals surface area contributed by atoms with Crippen LogP contribution >= 0.6 is 0 Å². The molecule has 0 amide bonds. The molecule has 0 atom stereocenters. The fourth-order valence-corrected chi connectivity index (χ4v) is 4.16. The van der Waals surface area contributed by atoms with Crippen LogP contribution in [-0.4, -0.2) is 34.7 Å². The average molecular weight is 450 g/mol. The molecule has 33 heavy (non-hydrogen) atoms. The van der Waals surface area contributed by atoms with Crippen LogP contribution in [0.2, 0.25) is 0 Å². The van der Waals surface area contributed by atoms with Crippen LogP contribution in [0.15, 0.2) is 63.7 Å². The van der Waals surface area contributed by atoms with Crippen LogP contribution in [0.5, 0.6) is 5.75 Å². The molecule has 2 heterocycles. The topological polar surface area (TPSA) is 78.3 Å². The van der Waals surface area contributed by atoms with Crippen molar-refractivity contribution in [1.82, 2.24) is 14.3 Å². The van der Waals surface area contributed by atoms with Crippen molar-refractivity contribution in [3.05, 3.63) is 80.5 Å². The number of rotatable bonds is 10. The number of hydrogen-bond donors (Lipinski definition) is 1. The van der Waals surface area contributed by atoms with Gasteiger partial charge in [0.1, 0.15) is 12.4 Å². The lowest BCUT2D eigenvalue weighted by Gasteiger charge is -2.12. The summed E-state index contributed by atoms with van der Waals surface area (Å²) in [7, 11) is 1.61. The molecule has 7 heteroatoms. The molecule has 1 aliphatic carbocycles. The van der Waals surface area contributed by atoms with Gasteiger partial charge in [-0.1, -0.05) is 31.6 Å². The number of allylic oxidation sites excluding steroid dienone is 3. The number of unbranched alkanes of at least 4 members (excludes halogenated alkanes) is 1. The number of pyridine rings is 1. The number of aromatic amines is 1. The van der Waals surface area contributed by atoms with E-state index in [0.29, 0.717) is 42.8 Å². The molecule has 0 unspecified atom stereocenters. The monoisotopic (exact) mass is 449 g/mol. The Morgan fingerprint density at radius 1 is 1.15 bits per heavy atom. The molecule has 0 spiro atoms. The zero-order chi connectivity index (χ0) is 23.2. The molecule has 4 rings (SSSR count). The standard InChI is InChI=1S/C26H31N3O4/c1-3-4-10-23-25-22(17-24(30)28(23)15-16-32-2)27-29(26(25)31)20-11-13-21(14-12-20)33-18-19-8-6-5-7-9-19/h5-6,8,11-14,17,27H,3-4,7,9-10,15-16,18H2,1-2H3. The van der Waals surface area contributed by atoms with Crippen LogP contribution in [0.3, 0.4) is 0 Å². The molecule has 3 aromatic rings. The molecule has 7 nitrogen and oxygen atoms in total. The molecule has 0 bridgehead atoms. The summed E-state index contributed by atoms with van der Waals surface area (Å²) in [5.41, 5.74) is 3.00. The highest BCUT2D eigenvalue weighted by Gasteiger charge is 2.17. The average Bonchev–Trinajstić information content (AvgIpc) is 3.17. The maximum Gasteiger partial charge on any atom is 0.280 e. The molecule has 174 valence electrons. The Bertz CT molecular complexity index is 1280. The van der Waals surface area contributed by atoms with Crippen molar-refractivity contribution >= 4 is 10.9 Å². The number of methoxy groups -OCH3 is 1. The summed E-state index contributed by atoms with van der Waals surface area (Å²) in [5, 5.41) is 3.69. The Morgan fingerprint density at radius 2 is 1.97 bits per heavy atom. The van der Waals surface area contributed by atoms with E-state index in [2.05, 4.69) is 30.3 Å². The van der Waals surface area contributed by atoms with E-state index in [4.69, 9.17) is 9.47 Å². The van der Waals surface area contributed by atoms with Gasteiger partial charge in [0.15, 0.2) is 0 Å². The first-order chi connectivity index (χ1) is 16.1. The first-order valence-corrected chi connectivity index (χ1v) is 11.6. The molecule has 1 aliphatic rings. The zero-order valence-corrected chi connectivity index (χ0v) is 19.3. The van der Waals surface area contributed by atoms with Crippen molar-refractivity contribution in [2.24, 2.45) is 0 Å². The van der Waals surface area contributed by atoms with Crippen LogP contribution in [0, 0.1) is 0 Å². The van der Waals surface area contributed by atoms with Gasteiger partial charge in [-0.2, -0.15) is 0 Å². The Morgan fingerprint density at radius 3 is 2.67 bits per heavy atom. The lowest BCUT2D eigenvalue weighted by Crippen LogP contribution is -2.26. The van der Waals surface area contributed by atoms with Gasteiger partial charge in [-0.25, -0.2) is 4.68 Å². The summed E-state index contributed by atoms with van der Waals surface area (Å²) >= 11 is 0. The highest BCUT2D eigenvalue weighted by molar-refractivity contribution is 5.81. The first-order valence-electron chi connectivity index (χ1n) is 11.6. The molecular weight excluding hydrogens is 418 g/mol. The molecule has 1 aromatic carbocycles. The van der Waals surface area contributed by atoms with Crippen molar-refractivity contribution in [2.75, 3.05) is 20.3 Å². The molecular formula is C26H31N3O4. The Balaban J connectivity index is 1.66. The number of nitrogens with one attached hydrogen (secondary N) is 1. The minimum atomic E-state index is -0.157. The minimum Gasteiger partial charge on any atom is -0.489 e. The summed E-state index contributed by atoms with van der Waals surface area (Å²) in [6.45, 7) is 3.49. The van der Waals surface area contributed by atoms with Crippen molar-refractivity contribution in [2.45, 2.75) is 45.6 Å². The first kappa shape index (κ1) is 22.9. The number of hydrogen-bond acceptors (Lipinski definition) is 4. The van der Waals surface area contributed by atoms with Crippen molar-refractivity contribution in [3.63, 3.8) is 0 Å². The van der Waals surface area contributed by atoms with Crippen LogP contribution in [0.4, 0.5) is 0 Å². The van der Waals surface area contributed by atoms with Crippen molar-refractivity contribution in [1.29, 1.82) is 0 Å². The fourth-order valence-electron chi connectivity index (χ4n) is 4.16. The molecule has 0 fully saturated rings. The van der Waals surface area contributed by atoms with E-state index < -0.39 is 0 Å². The summed E-state index contributed by atoms with van der Waals surface area (Å²) in [6.07, 6.45) is 10.9. The van der Waals surface area contributed by atoms with Crippen LogP contribution in [0.1, 0.15) is 38.3 Å². The fraction of sp³-hybridized carbons (Fsp3) is 0.385. The van der Waals surface area contributed by atoms with E-state index in [-0.39, 0.29) is 11.1 Å². The Hall–Kier alpha value is -3.32. The smallest absolute Gasteiger partial charge is 0.280 e. The van der Waals surface area contributed by atoms with E-state index in [9.17, 15) is 9.59 Å². The maximum absolute atomic E-state index is 13.4. The molecule has 2 aromatic heterocycles. The van der Waals surface area contributed by atoms with E-state index >= 15 is 0 Å². The second-order valence-corrected chi connectivity index (χ2v) is 8.29. The van der Waals surface area contributed by atoms with E-state index in [1.165, 1.54) is 16.3 Å². The number of ether oxygens (including phenoxy) is 2. The summed E-state index contributed by atoms with van der Waals surface area (Å²) in [4.78, 5) is 26.2. The van der Waals surface area contributed by atoms with E-state index in [0.717, 1.165) is 37.1 Å². The van der Waals surface area contributed by atoms with E-state index in [1.807, 2.05) is 24.3 Å². The van der Waals surface area contributed by atoms with Gasteiger partial charge in [0, 0.05) is 25.4 Å². The predicted molar refractivity (Wildman–Crippen MR) is 131 cm³/mol. The van der Waals surface area contributed by atoms with Crippen molar-refractivity contribution < 1.29 is 9.47 Å². The van der Waals surface area contributed by atoms with Gasteiger partial charge in [0.2, 0.25) is 0 Å². The van der Waals surface area contributed by atoms with Gasteiger partial charge >= 0.3 is 0 Å². The summed E-state index contributed by atoms with van der Waals surface area (Å²) in [6, 6.07) is 8.93. The van der Waals surface area contributed by atoms with Gasteiger partial charge in [-0.05, 0) is 55.5 Å². The number of H-pyrrole nitrogens is 1. The maximum atomic E-state index is 13.4. The molecule has 0 saturated carbocycles. The molecule has 0 radical (unpaired) electrons. The SMILES string of the molecule is CCCCc1c2c(=O)n(-c3ccc(OCC4=CC=CCC4)cc3)[nH]c2cc(=O)n1CCOC. The quantitative estimate of drug-likeness (QED) is 0.505. The van der Waals surface area contributed by atoms with Gasteiger partial charge in [-0.3, -0.25) is 14.7 Å². The molecule has 0 aliphatic heterocycles. The van der Waals surface area contributed by atoms with Crippen LogP contribution in [0.25, 0.3) is 16.6 Å². The highest BCUT2D eigenvalue weighted by Crippen LogP contribution is 2.20. The van der Waals surface area contributed by atoms with Gasteiger partial charge in [0.05, 0.1) is 23.2 Å². The highest BCUT2D eigenvalue weighted by atomic mass is 16.5. The van der Waals surface area contributed by atoms with Gasteiger partial charge in [0.25, 0.3) is 11.1 Å². The lowest BCUT2D eigenvalue weighted by atomic mass is 10.1. The van der Waals surface area contributed by atoms with Crippen LogP contribution in [-0.2, 0) is 17.7 Å². The third kappa shape index (κ3) is 5.03. The number of nitrogens with zero attached hydrogens (tertiary/aromatic N) is 2. The van der Waals surface area contributed by atoms with Gasteiger partial charge < -0.3 is 14.0 Å². The number of aromatic nitrogens is 3. The zero-order valence-electron chi connectivity index (χ0n) is 19.3. The minimum absolute atomic E-state index is 0.130. The van der Waals surface area contributed by atoms with Crippen LogP contribution < -0.4 is 15.9 Å². The summed E-state index contributed by atoms with van der Waals surface area (Å²) in [5.74, 6) is 0.751. The van der Waals surface area contributed by atoms with Gasteiger partial charge in [-0.15, -0.1) is 0 Å². The second kappa shape index (κ2) is 10.5. The summed E-state index contributed by atoms with van der Waals surface area (Å²) < 4.78 is 14.3. The van der Waals surface area contributed by atoms with E-state index in [1.54, 1.807) is 11.7 Å². The largest absolute Gasteiger partial charge is 0.489 e. The Labute approximate surface area is 192 Å². The Kier molecular flexibility index (Phi) is 7.29. The third-order valence-electron chi connectivity index (χ3n) is 5.97. The third-order valence-corrected chi connectivity index (χ3v) is 5.97. The van der Waals surface area contributed by atoms with Crippen molar-refractivity contribution in [3.8, 4) is 11.4 Å². The number of aryl methyl sites for hydroxylation is 1. The predicted octanol–water partition coefficient (Wildman–Crippen LogP) is 4.12. The number of fused-ring (bicyclic) bond motifs is 1. The number of benzene rings is 1. The lowest BCUT2D eigenvalue weighted by molar-refractivity contribution is 0.185. The normalized spacial score (nSPS) is 13.5.